The van der Waals surface area contributed by atoms with Crippen molar-refractivity contribution in [1.82, 2.24) is 0 Å². The minimum atomic E-state index is -0.704. The summed E-state index contributed by atoms with van der Waals surface area (Å²) in [5.74, 6) is 0. The summed E-state index contributed by atoms with van der Waals surface area (Å²) < 4.78 is 8.21. The lowest BCUT2D eigenvalue weighted by Gasteiger charge is -2.50. The van der Waals surface area contributed by atoms with Gasteiger partial charge >= 0.3 is 78.7 Å². The van der Waals surface area contributed by atoms with Gasteiger partial charge < -0.3 is 30.5 Å². The highest BCUT2D eigenvalue weighted by Crippen LogP contribution is 2.22. The van der Waals surface area contributed by atoms with E-state index in [2.05, 4.69) is 159 Å². The maximum atomic E-state index is 4.41. The van der Waals surface area contributed by atoms with E-state index in [0.29, 0.717) is 0 Å². The Balaban J connectivity index is 3.94. The van der Waals surface area contributed by atoms with Crippen LogP contribution in [0.5, 0.6) is 0 Å². The average molecular weight is 690 g/mol. The molecule has 40 heavy (non-hydrogen) atoms. The van der Waals surface area contributed by atoms with Gasteiger partial charge in [-0.25, -0.2) is 0 Å². The molecule has 1 rings (SSSR count). The van der Waals surface area contributed by atoms with Crippen molar-refractivity contribution < 1.29 is 30.5 Å². The van der Waals surface area contributed by atoms with E-state index in [4.69, 9.17) is 0 Å². The smallest absolute Gasteiger partial charge is 0.336 e. The molecule has 0 aliphatic carbocycles. The fraction of sp³-hybridized carbons (Fsp3) is 0.333. The molecule has 0 spiro atoms. The average Bonchev–Trinajstić information content (AvgIpc) is 2.87. The molecule has 1 heterocycles. The van der Waals surface area contributed by atoms with Crippen LogP contribution >= 0.6 is 0 Å². The Labute approximate surface area is 266 Å². The summed E-state index contributed by atoms with van der Waals surface area (Å²) in [7, 11) is 14.0. The number of nitrogens with zero attached hydrogens (tertiary/aromatic N) is 8. The predicted octanol–water partition coefficient (Wildman–Crippen LogP) is -3.29. The molecule has 1 aliphatic rings. The number of rotatable bonds is 8. The minimum Gasteiger partial charge on any atom is -0.336 e. The van der Waals surface area contributed by atoms with E-state index in [1.54, 1.807) is 0 Å². The summed E-state index contributed by atoms with van der Waals surface area (Å²) in [6.07, 6.45) is 18.1. The fourth-order valence-electron chi connectivity index (χ4n) is 7.19. The maximum Gasteiger partial charge on any atom is 0.475 e. The van der Waals surface area contributed by atoms with Crippen molar-refractivity contribution in [3.05, 3.63) is 102 Å². The first-order chi connectivity index (χ1) is 18.1. The van der Waals surface area contributed by atoms with Crippen molar-refractivity contribution in [3.63, 3.8) is 0 Å². The van der Waals surface area contributed by atoms with Crippen LogP contribution in [0.25, 0.3) is 0 Å². The van der Waals surface area contributed by atoms with Crippen LogP contribution in [0.2, 0.25) is 0 Å². The topological polar surface area (TPSA) is 0 Å². The zero-order valence-corrected chi connectivity index (χ0v) is 38.8. The zero-order valence-electron chi connectivity index (χ0n) is 27.5. The normalized spacial score (nSPS) is 50.6. The van der Waals surface area contributed by atoms with Gasteiger partial charge in [0.05, 0.1) is 49.6 Å². The fourth-order valence-corrected chi connectivity index (χ4v) is 52.4. The number of hydrogen-bond donors (Lipinski definition) is 0. The summed E-state index contributed by atoms with van der Waals surface area (Å²) in [5, 5.41) is 0. The Kier molecular flexibility index (Phi) is 12.4. The van der Waals surface area contributed by atoms with Gasteiger partial charge in [0, 0.05) is 56.4 Å². The van der Waals surface area contributed by atoms with Crippen molar-refractivity contribution in [3.8, 4) is 0 Å². The van der Waals surface area contributed by atoms with Crippen molar-refractivity contribution in [2.75, 3.05) is 56.4 Å². The van der Waals surface area contributed by atoms with Crippen LogP contribution in [-0.4, -0.2) is 166 Å². The van der Waals surface area contributed by atoms with Gasteiger partial charge in [0.1, 0.15) is 0 Å². The molecule has 1 aliphatic heterocycles. The predicted molar refractivity (Wildman–Crippen MR) is 199 cm³/mol. The molecule has 0 N–H and O–H groups in total. The van der Waals surface area contributed by atoms with Crippen LogP contribution in [0, 0.1) is 0 Å². The third-order valence-corrected chi connectivity index (χ3v) is 32.8. The van der Waals surface area contributed by atoms with Gasteiger partial charge in [-0.2, -0.15) is 0 Å². The maximum absolute atomic E-state index is 4.41. The first-order valence-corrected chi connectivity index (χ1v) is 24.1. The van der Waals surface area contributed by atoms with Crippen molar-refractivity contribution in [2.45, 2.75) is 0 Å². The quantitative estimate of drug-likeness (QED) is 0.235. The molecule has 0 aromatic rings. The largest absolute Gasteiger partial charge is 0.475 e. The second-order valence-corrected chi connectivity index (χ2v) is 47.0. The van der Waals surface area contributed by atoms with E-state index in [0.717, 1.165) is 30.5 Å². The molecule has 224 valence electrons. The molecular formula is C24H64N8Si8+8. The van der Waals surface area contributed by atoms with E-state index in [9.17, 15) is 0 Å². The lowest BCUT2D eigenvalue weighted by atomic mass is 11.0. The first-order valence-electron chi connectivity index (χ1n) is 14.0. The van der Waals surface area contributed by atoms with Crippen molar-refractivity contribution in [1.29, 1.82) is 0 Å². The molecule has 0 atom stereocenters. The van der Waals surface area contributed by atoms with E-state index in [1.165, 1.54) is 0 Å². The van der Waals surface area contributed by atoms with Gasteiger partial charge in [-0.05, 0) is 52.6 Å². The van der Waals surface area contributed by atoms with Gasteiger partial charge in [0.15, 0.2) is 0 Å². The molecule has 0 amide bonds. The van der Waals surface area contributed by atoms with E-state index < -0.39 is 78.7 Å². The Hall–Kier alpha value is -0.665. The molecule has 0 bridgehead atoms. The molecule has 0 aromatic heterocycles. The summed E-state index contributed by atoms with van der Waals surface area (Å²) in [5.41, 5.74) is 0. The van der Waals surface area contributed by atoms with Crippen LogP contribution in [0.3, 0.4) is 0 Å². The highest BCUT2D eigenvalue weighted by Gasteiger charge is 2.52. The monoisotopic (exact) mass is 688 g/mol. The highest BCUT2D eigenvalue weighted by atomic mass is 28.4. The van der Waals surface area contributed by atoms with Crippen LogP contribution in [0.1, 0.15) is 0 Å². The third kappa shape index (κ3) is 9.69. The Morgan fingerprint density at radius 1 is 0.250 bits per heavy atom. The van der Waals surface area contributed by atoms with Gasteiger partial charge in [-0.3, -0.25) is 0 Å². The zero-order chi connectivity index (χ0) is 31.3. The molecule has 0 aromatic carbocycles. The summed E-state index contributed by atoms with van der Waals surface area (Å²) in [6.45, 7) is 35.3. The highest BCUT2D eigenvalue weighted by molar-refractivity contribution is 6.49. The van der Waals surface area contributed by atoms with Crippen molar-refractivity contribution >= 4 is 78.7 Å². The molecule has 0 saturated carbocycles. The number of hydrogen-bond acceptors (Lipinski definition) is 0. The van der Waals surface area contributed by atoms with E-state index in [-0.39, 0.29) is 0 Å². The Morgan fingerprint density at radius 3 is 0.375 bits per heavy atom. The molecule has 8 nitrogen and oxygen atoms in total. The molecule has 16 heteroatoms. The second kappa shape index (κ2) is 13.3. The summed E-state index contributed by atoms with van der Waals surface area (Å²) in [6, 6.07) is 0. The van der Waals surface area contributed by atoms with Crippen LogP contribution in [0.15, 0.2) is 102 Å². The Bertz CT molecular complexity index is 778. The van der Waals surface area contributed by atoms with Crippen LogP contribution in [0.4, 0.5) is 0 Å². The second-order valence-electron chi connectivity index (χ2n) is 14.4. The molecule has 1 saturated heterocycles. The SMILES string of the molecule is C=C[N+]1(C)[SiH2][N+](C)(C=C)[SiH2][N+](C)(C=C)[SiH2][N+](C)(C=C)[SiH2][N+](C)(C=C)[SiH2][N+](C)(C=C)[SiH2][N+](C)(C=C)[SiH2][N+](C)(C=C)[SiH2]1. The van der Waals surface area contributed by atoms with Crippen molar-refractivity contribution in [2.24, 2.45) is 0 Å². The van der Waals surface area contributed by atoms with Crippen LogP contribution < -0.4 is 0 Å². The summed E-state index contributed by atoms with van der Waals surface area (Å²) in [4.78, 5) is 0. The molecule has 0 unspecified atom stereocenters. The molecule has 0 radical (unpaired) electrons. The Morgan fingerprint density at radius 2 is 0.325 bits per heavy atom. The minimum absolute atomic E-state index is 0.704. The molecule has 1 fully saturated rings. The lowest BCUT2D eigenvalue weighted by molar-refractivity contribution is -0.856. The van der Waals surface area contributed by atoms with Gasteiger partial charge in [-0.1, -0.05) is 0 Å². The van der Waals surface area contributed by atoms with E-state index in [1.807, 2.05) is 0 Å². The van der Waals surface area contributed by atoms with Gasteiger partial charge in [-0.15, -0.1) is 0 Å². The van der Waals surface area contributed by atoms with Gasteiger partial charge in [0.2, 0.25) is 0 Å². The summed E-state index contributed by atoms with van der Waals surface area (Å²) >= 11 is 0. The van der Waals surface area contributed by atoms with Gasteiger partial charge in [0.25, 0.3) is 0 Å². The standard InChI is InChI=1S/C24H64N8Si8/c1-17-25(9)33-26(10,18-2)35-28(12,20-4)37-30(14,22-6)39-32(16,24-8)40-31(15,23-7)38-29(13,21-5)36-27(11,19-3)34-25/h17-24H,1-8,33-40H2,9-16H3/q+8. The number of quaternary nitrogens is 8. The van der Waals surface area contributed by atoms with E-state index >= 15 is 0 Å². The third-order valence-electron chi connectivity index (χ3n) is 8.70. The van der Waals surface area contributed by atoms with Crippen LogP contribution in [-0.2, 0) is 0 Å². The first kappa shape index (κ1) is 37.4. The molecular weight excluding hydrogens is 625 g/mol. The lowest BCUT2D eigenvalue weighted by Crippen LogP contribution is -2.77.